The summed E-state index contributed by atoms with van der Waals surface area (Å²) in [6.07, 6.45) is -12.0. The minimum atomic E-state index is -5.01. The summed E-state index contributed by atoms with van der Waals surface area (Å²) in [5.41, 5.74) is -3.58. The second-order valence-electron chi connectivity index (χ2n) is 7.78. The number of anilines is 1. The lowest BCUT2D eigenvalue weighted by molar-refractivity contribution is -0.143. The Balaban J connectivity index is 1.68. The molecule has 2 aliphatic rings. The molecule has 0 unspecified atom stereocenters. The fraction of sp³-hybridized carbons (Fsp3) is 0.474. The van der Waals surface area contributed by atoms with Gasteiger partial charge in [0, 0.05) is 36.8 Å². The van der Waals surface area contributed by atoms with Crippen LogP contribution in [0.5, 0.6) is 0 Å². The molecule has 174 valence electrons. The van der Waals surface area contributed by atoms with Crippen LogP contribution in [0.4, 0.5) is 36.4 Å². The van der Waals surface area contributed by atoms with Gasteiger partial charge in [-0.1, -0.05) is 0 Å². The van der Waals surface area contributed by atoms with E-state index < -0.39 is 65.5 Å². The van der Waals surface area contributed by atoms with Crippen molar-refractivity contribution >= 4 is 11.6 Å². The number of rotatable bonds is 3. The number of benzene rings is 1. The van der Waals surface area contributed by atoms with E-state index in [1.165, 1.54) is 7.05 Å². The molecule has 2 fully saturated rings. The summed E-state index contributed by atoms with van der Waals surface area (Å²) in [4.78, 5) is 13.0. The van der Waals surface area contributed by atoms with Gasteiger partial charge in [-0.3, -0.25) is 9.48 Å². The zero-order valence-electron chi connectivity index (χ0n) is 16.2. The van der Waals surface area contributed by atoms with Gasteiger partial charge >= 0.3 is 12.4 Å². The summed E-state index contributed by atoms with van der Waals surface area (Å²) in [6.45, 7) is 0. The van der Waals surface area contributed by atoms with Crippen LogP contribution in [0.2, 0.25) is 0 Å². The summed E-state index contributed by atoms with van der Waals surface area (Å²) in [5, 5.41) is 15.8. The topological polar surface area (TPSA) is 76.4 Å². The third kappa shape index (κ3) is 3.83. The molecule has 32 heavy (non-hydrogen) atoms. The maximum atomic E-state index is 13.5. The van der Waals surface area contributed by atoms with Crippen molar-refractivity contribution < 1.29 is 45.4 Å². The highest BCUT2D eigenvalue weighted by atomic mass is 19.4. The number of nitrogens with zero attached hydrogens (tertiary/aromatic N) is 2. The molecule has 2 N–H and O–H groups in total. The van der Waals surface area contributed by atoms with E-state index in [2.05, 4.69) is 10.4 Å². The lowest BCUT2D eigenvalue weighted by Crippen LogP contribution is -2.41. The van der Waals surface area contributed by atoms with Crippen LogP contribution in [0, 0.1) is 11.7 Å². The molecule has 5 atom stereocenters. The molecule has 3 heterocycles. The van der Waals surface area contributed by atoms with Gasteiger partial charge in [0.2, 0.25) is 5.91 Å². The number of aromatic nitrogens is 2. The van der Waals surface area contributed by atoms with Crippen molar-refractivity contribution in [2.75, 3.05) is 5.32 Å². The molecule has 1 amide bonds. The smallest absolute Gasteiger partial charge is 0.390 e. The Morgan fingerprint density at radius 1 is 1.22 bits per heavy atom. The molecule has 0 saturated carbocycles. The second-order valence-corrected chi connectivity index (χ2v) is 7.78. The third-order valence-electron chi connectivity index (χ3n) is 5.65. The fourth-order valence-electron chi connectivity index (χ4n) is 4.43. The van der Waals surface area contributed by atoms with Crippen molar-refractivity contribution in [1.82, 2.24) is 9.78 Å². The number of hydrogen-bond acceptors (Lipinski definition) is 4. The van der Waals surface area contributed by atoms with E-state index in [1.807, 2.05) is 0 Å². The molecule has 2 bridgehead atoms. The Hall–Kier alpha value is -2.67. The molecule has 0 aliphatic carbocycles. The molecule has 4 rings (SSSR count). The summed E-state index contributed by atoms with van der Waals surface area (Å²) in [7, 11) is 1.26. The number of carbonyl (C=O) groups is 1. The van der Waals surface area contributed by atoms with Crippen molar-refractivity contribution in [3.05, 3.63) is 47.0 Å². The van der Waals surface area contributed by atoms with E-state index >= 15 is 0 Å². The van der Waals surface area contributed by atoms with Gasteiger partial charge in [-0.25, -0.2) is 4.39 Å². The minimum absolute atomic E-state index is 0.0297. The highest BCUT2D eigenvalue weighted by Crippen LogP contribution is 2.51. The van der Waals surface area contributed by atoms with Gasteiger partial charge in [-0.2, -0.15) is 31.4 Å². The first-order valence-electron chi connectivity index (χ1n) is 9.39. The van der Waals surface area contributed by atoms with Crippen molar-refractivity contribution in [3.63, 3.8) is 0 Å². The quantitative estimate of drug-likeness (QED) is 0.679. The standard InChI is InChI=1S/C19H16F7N3O3/c1-29-6-8(16(28-29)19(24,25)26)13-14(12-5-11(30)15(13)32-12)17(31)27-7-2-3-10(20)9(4-7)18(21,22)23/h2-4,6,11-15,30H,5H2,1H3,(H,27,31)/t11-,12+,13+,14-,15-/m0/s1. The van der Waals surface area contributed by atoms with Crippen LogP contribution in [0.3, 0.4) is 0 Å². The van der Waals surface area contributed by atoms with Crippen LogP contribution in [-0.4, -0.2) is 39.1 Å². The highest BCUT2D eigenvalue weighted by molar-refractivity contribution is 5.94. The molecule has 1 aromatic carbocycles. The summed E-state index contributed by atoms with van der Waals surface area (Å²) in [5.74, 6) is -4.93. The van der Waals surface area contributed by atoms with Crippen LogP contribution < -0.4 is 5.32 Å². The first-order chi connectivity index (χ1) is 14.8. The molecule has 13 heteroatoms. The number of ether oxygens (including phenoxy) is 1. The molecule has 1 aromatic heterocycles. The number of hydrogen-bond donors (Lipinski definition) is 2. The van der Waals surface area contributed by atoms with Gasteiger partial charge in [-0.05, 0) is 18.2 Å². The number of halogens is 7. The van der Waals surface area contributed by atoms with Gasteiger partial charge in [0.1, 0.15) is 5.82 Å². The van der Waals surface area contributed by atoms with Gasteiger partial charge in [0.15, 0.2) is 5.69 Å². The predicted molar refractivity (Wildman–Crippen MR) is 93.8 cm³/mol. The van der Waals surface area contributed by atoms with Gasteiger partial charge in [-0.15, -0.1) is 0 Å². The van der Waals surface area contributed by atoms with Crippen molar-refractivity contribution in [1.29, 1.82) is 0 Å². The van der Waals surface area contributed by atoms with Crippen LogP contribution in [0.15, 0.2) is 24.4 Å². The number of amides is 1. The molecule has 2 aliphatic heterocycles. The number of aliphatic hydroxyl groups is 1. The molecule has 6 nitrogen and oxygen atoms in total. The van der Waals surface area contributed by atoms with Crippen LogP contribution in [0.1, 0.15) is 29.2 Å². The number of carbonyl (C=O) groups excluding carboxylic acids is 1. The normalized spacial score (nSPS) is 27.7. The first kappa shape index (κ1) is 22.5. The number of aliphatic hydroxyl groups excluding tert-OH is 1. The van der Waals surface area contributed by atoms with E-state index in [-0.39, 0.29) is 17.7 Å². The van der Waals surface area contributed by atoms with Crippen LogP contribution in [-0.2, 0) is 28.9 Å². The lowest BCUT2D eigenvalue weighted by atomic mass is 9.73. The molecular weight excluding hydrogens is 451 g/mol. The fourth-order valence-corrected chi connectivity index (χ4v) is 4.43. The van der Waals surface area contributed by atoms with E-state index in [0.29, 0.717) is 12.1 Å². The molecule has 0 spiro atoms. The monoisotopic (exact) mass is 467 g/mol. The number of fused-ring (bicyclic) bond motifs is 2. The Kier molecular flexibility index (Phi) is 5.24. The third-order valence-corrected chi connectivity index (χ3v) is 5.65. The summed E-state index contributed by atoms with van der Waals surface area (Å²) in [6, 6.07) is 1.84. The second kappa shape index (κ2) is 7.44. The first-order valence-corrected chi connectivity index (χ1v) is 9.39. The largest absolute Gasteiger partial charge is 0.435 e. The van der Waals surface area contributed by atoms with E-state index in [4.69, 9.17) is 4.74 Å². The zero-order valence-corrected chi connectivity index (χ0v) is 16.2. The lowest BCUT2D eigenvalue weighted by Gasteiger charge is -2.30. The Labute approximate surface area is 176 Å². The number of nitrogens with one attached hydrogen (secondary N) is 1. The Morgan fingerprint density at radius 2 is 1.91 bits per heavy atom. The zero-order chi connectivity index (χ0) is 23.6. The van der Waals surface area contributed by atoms with Crippen molar-refractivity contribution in [2.24, 2.45) is 13.0 Å². The molecule has 0 radical (unpaired) electrons. The van der Waals surface area contributed by atoms with Crippen LogP contribution >= 0.6 is 0 Å². The SMILES string of the molecule is Cn1cc([C@H]2[C@H]3O[C@H](C[C@@H]3O)[C@@H]2C(=O)Nc2ccc(F)c(C(F)(F)F)c2)c(C(F)(F)F)n1. The molecule has 2 saturated heterocycles. The summed E-state index contributed by atoms with van der Waals surface area (Å²) >= 11 is 0. The van der Waals surface area contributed by atoms with Gasteiger partial charge in [0.05, 0.1) is 29.8 Å². The summed E-state index contributed by atoms with van der Waals surface area (Å²) < 4.78 is 99.4. The average Bonchev–Trinajstić information content (AvgIpc) is 3.33. The number of aryl methyl sites for hydroxylation is 1. The molecule has 2 aromatic rings. The van der Waals surface area contributed by atoms with Crippen LogP contribution in [0.25, 0.3) is 0 Å². The maximum Gasteiger partial charge on any atom is 0.435 e. The van der Waals surface area contributed by atoms with E-state index in [1.54, 1.807) is 0 Å². The van der Waals surface area contributed by atoms with Gasteiger partial charge < -0.3 is 15.2 Å². The Bertz CT molecular complexity index is 1050. The van der Waals surface area contributed by atoms with E-state index in [0.717, 1.165) is 16.9 Å². The van der Waals surface area contributed by atoms with Crippen molar-refractivity contribution in [3.8, 4) is 0 Å². The highest BCUT2D eigenvalue weighted by Gasteiger charge is 2.59. The Morgan fingerprint density at radius 3 is 2.53 bits per heavy atom. The number of alkyl halides is 6. The van der Waals surface area contributed by atoms with E-state index in [9.17, 15) is 40.6 Å². The van der Waals surface area contributed by atoms with Crippen molar-refractivity contribution in [2.45, 2.75) is 43.0 Å². The predicted octanol–water partition coefficient (Wildman–Crippen LogP) is 3.47. The minimum Gasteiger partial charge on any atom is -0.390 e. The van der Waals surface area contributed by atoms with Gasteiger partial charge in [0.25, 0.3) is 0 Å². The molecular formula is C19H16F7N3O3. The average molecular weight is 467 g/mol. The maximum absolute atomic E-state index is 13.5.